The summed E-state index contributed by atoms with van der Waals surface area (Å²) in [5.74, 6) is 1.12. The number of hydrogen-bond acceptors (Lipinski definition) is 6. The van der Waals surface area contributed by atoms with Crippen LogP contribution < -0.4 is 0 Å². The van der Waals surface area contributed by atoms with Crippen LogP contribution in [-0.4, -0.2) is 48.8 Å². The quantitative estimate of drug-likeness (QED) is 0.591. The van der Waals surface area contributed by atoms with Crippen molar-refractivity contribution in [2.24, 2.45) is 5.92 Å². The highest BCUT2D eigenvalue weighted by Gasteiger charge is 2.34. The second-order valence-corrected chi connectivity index (χ2v) is 9.30. The molecule has 3 aromatic rings. The Labute approximate surface area is 170 Å². The number of methoxy groups -OCH3 is 1. The molecule has 2 aromatic heterocycles. The Morgan fingerprint density at radius 2 is 1.97 bits per heavy atom. The topological polar surface area (TPSA) is 77.6 Å². The summed E-state index contributed by atoms with van der Waals surface area (Å²) in [6, 6.07) is 14.1. The van der Waals surface area contributed by atoms with Crippen LogP contribution in [0.25, 0.3) is 0 Å². The summed E-state index contributed by atoms with van der Waals surface area (Å²) in [6.45, 7) is 3.98. The molecule has 8 heteroatoms. The number of ether oxygens (including phenoxy) is 1. The lowest BCUT2D eigenvalue weighted by Gasteiger charge is -2.17. The van der Waals surface area contributed by atoms with Gasteiger partial charge in [-0.05, 0) is 31.2 Å². The predicted molar refractivity (Wildman–Crippen MR) is 108 cm³/mol. The maximum absolute atomic E-state index is 13.0. The van der Waals surface area contributed by atoms with Crippen LogP contribution >= 0.6 is 0 Å². The van der Waals surface area contributed by atoms with Gasteiger partial charge in [0.15, 0.2) is 0 Å². The van der Waals surface area contributed by atoms with Crippen LogP contribution in [0.2, 0.25) is 0 Å². The van der Waals surface area contributed by atoms with Gasteiger partial charge in [-0.3, -0.25) is 4.90 Å². The minimum atomic E-state index is -3.61. The molecule has 0 radical (unpaired) electrons. The third kappa shape index (κ3) is 4.14. The molecule has 0 saturated carbocycles. The van der Waals surface area contributed by atoms with Crippen molar-refractivity contribution >= 4 is 10.0 Å². The fraction of sp³-hybridized carbons (Fsp3) is 0.381. The van der Waals surface area contributed by atoms with E-state index < -0.39 is 10.0 Å². The minimum absolute atomic E-state index is 0.0644. The van der Waals surface area contributed by atoms with Crippen molar-refractivity contribution in [3.63, 3.8) is 0 Å². The molecule has 1 aliphatic heterocycles. The van der Waals surface area contributed by atoms with Crippen LogP contribution in [0.1, 0.15) is 17.1 Å². The van der Waals surface area contributed by atoms with Gasteiger partial charge in [0.05, 0.1) is 16.7 Å². The number of rotatable bonds is 7. The van der Waals surface area contributed by atoms with Gasteiger partial charge in [-0.25, -0.2) is 12.4 Å². The van der Waals surface area contributed by atoms with Gasteiger partial charge in [0.1, 0.15) is 5.76 Å². The molecule has 4 rings (SSSR count). The first kappa shape index (κ1) is 19.9. The lowest BCUT2D eigenvalue weighted by molar-refractivity contribution is 0.0761. The monoisotopic (exact) mass is 415 g/mol. The molecule has 0 N–H and O–H groups in total. The molecule has 0 spiro atoms. The second-order valence-electron chi connectivity index (χ2n) is 7.48. The average Bonchev–Trinajstić information content (AvgIpc) is 3.44. The van der Waals surface area contributed by atoms with Crippen LogP contribution in [0.15, 0.2) is 64.1 Å². The number of aryl methyl sites for hydroxylation is 1. The highest BCUT2D eigenvalue weighted by atomic mass is 32.2. The van der Waals surface area contributed by atoms with E-state index in [0.717, 1.165) is 36.7 Å². The lowest BCUT2D eigenvalue weighted by atomic mass is 10.0. The van der Waals surface area contributed by atoms with Crippen molar-refractivity contribution in [3.8, 4) is 0 Å². The summed E-state index contributed by atoms with van der Waals surface area (Å²) in [5, 5.41) is 3.96. The second kappa shape index (κ2) is 8.14. The number of benzene rings is 1. The first-order valence-electron chi connectivity index (χ1n) is 9.61. The molecule has 1 fully saturated rings. The zero-order valence-corrected chi connectivity index (χ0v) is 17.4. The van der Waals surface area contributed by atoms with Crippen molar-refractivity contribution in [3.05, 3.63) is 71.9 Å². The van der Waals surface area contributed by atoms with Gasteiger partial charge in [-0.15, -0.1) is 0 Å². The summed E-state index contributed by atoms with van der Waals surface area (Å²) in [4.78, 5) is 2.52. The molecule has 154 valence electrons. The van der Waals surface area contributed by atoms with Crippen LogP contribution in [0, 0.1) is 12.8 Å². The SMILES string of the molecule is CO[C@H]1CN(Cc2cccn2S(=O)(=O)c2ccccc2)C[C@H]1Cc1cc(C)no1. The minimum Gasteiger partial charge on any atom is -0.380 e. The van der Waals surface area contributed by atoms with Gasteiger partial charge >= 0.3 is 0 Å². The molecule has 3 heterocycles. The molecule has 1 saturated heterocycles. The summed E-state index contributed by atoms with van der Waals surface area (Å²) >= 11 is 0. The third-order valence-electron chi connectivity index (χ3n) is 5.38. The van der Waals surface area contributed by atoms with Gasteiger partial charge in [0.25, 0.3) is 10.0 Å². The van der Waals surface area contributed by atoms with E-state index in [1.807, 2.05) is 19.1 Å². The number of likely N-dealkylation sites (tertiary alicyclic amines) is 1. The van der Waals surface area contributed by atoms with E-state index in [1.54, 1.807) is 49.7 Å². The van der Waals surface area contributed by atoms with Crippen molar-refractivity contribution < 1.29 is 17.7 Å². The van der Waals surface area contributed by atoms with E-state index in [9.17, 15) is 8.42 Å². The molecule has 1 aliphatic rings. The zero-order chi connectivity index (χ0) is 20.4. The van der Waals surface area contributed by atoms with Gasteiger partial charge in [-0.2, -0.15) is 0 Å². The Kier molecular flexibility index (Phi) is 5.58. The zero-order valence-electron chi connectivity index (χ0n) is 16.6. The Bertz CT molecular complexity index is 1060. The molecule has 1 aromatic carbocycles. The number of aromatic nitrogens is 2. The third-order valence-corrected chi connectivity index (χ3v) is 7.12. The van der Waals surface area contributed by atoms with Crippen molar-refractivity contribution in [1.29, 1.82) is 0 Å². The molecule has 7 nitrogen and oxygen atoms in total. The molecule has 0 amide bonds. The molecule has 29 heavy (non-hydrogen) atoms. The fourth-order valence-electron chi connectivity index (χ4n) is 3.98. The molecule has 0 bridgehead atoms. The lowest BCUT2D eigenvalue weighted by Crippen LogP contribution is -2.25. The number of nitrogens with zero attached hydrogens (tertiary/aromatic N) is 3. The highest BCUT2D eigenvalue weighted by Crippen LogP contribution is 2.26. The van der Waals surface area contributed by atoms with Gasteiger partial charge in [0, 0.05) is 57.0 Å². The Morgan fingerprint density at radius 1 is 1.17 bits per heavy atom. The summed E-state index contributed by atoms with van der Waals surface area (Å²) in [7, 11) is -1.89. The van der Waals surface area contributed by atoms with Crippen LogP contribution in [0.5, 0.6) is 0 Å². The molecule has 0 unspecified atom stereocenters. The first-order valence-corrected chi connectivity index (χ1v) is 11.1. The first-order chi connectivity index (χ1) is 14.0. The van der Waals surface area contributed by atoms with Gasteiger partial charge in [-0.1, -0.05) is 23.4 Å². The van der Waals surface area contributed by atoms with Gasteiger partial charge < -0.3 is 9.26 Å². The average molecular weight is 416 g/mol. The van der Waals surface area contributed by atoms with Crippen LogP contribution in [0.4, 0.5) is 0 Å². The summed E-state index contributed by atoms with van der Waals surface area (Å²) < 4.78 is 38.5. The smallest absolute Gasteiger partial charge is 0.267 e. The van der Waals surface area contributed by atoms with E-state index in [2.05, 4.69) is 10.1 Å². The molecule has 0 aliphatic carbocycles. The molecule has 2 atom stereocenters. The van der Waals surface area contributed by atoms with E-state index in [-0.39, 0.29) is 16.9 Å². The van der Waals surface area contributed by atoms with Crippen molar-refractivity contribution in [2.75, 3.05) is 20.2 Å². The van der Waals surface area contributed by atoms with E-state index in [0.29, 0.717) is 6.54 Å². The largest absolute Gasteiger partial charge is 0.380 e. The van der Waals surface area contributed by atoms with Crippen molar-refractivity contribution in [2.45, 2.75) is 30.9 Å². The highest BCUT2D eigenvalue weighted by molar-refractivity contribution is 7.90. The van der Waals surface area contributed by atoms with E-state index >= 15 is 0 Å². The maximum Gasteiger partial charge on any atom is 0.267 e. The predicted octanol–water partition coefficient (Wildman–Crippen LogP) is 2.71. The molecular weight excluding hydrogens is 390 g/mol. The standard InChI is InChI=1S/C21H25N3O4S/c1-16-11-19(28-22-16)12-17-13-23(15-21(17)27-2)14-18-7-6-10-24(18)29(25,26)20-8-4-3-5-9-20/h3-11,17,21H,12-15H2,1-2H3/t17-,21+/m1/s1. The Hall–Kier alpha value is -2.42. The number of hydrogen-bond donors (Lipinski definition) is 0. The van der Waals surface area contributed by atoms with Crippen LogP contribution in [-0.2, 0) is 27.7 Å². The maximum atomic E-state index is 13.0. The summed E-state index contributed by atoms with van der Waals surface area (Å²) in [5.41, 5.74) is 1.60. The Morgan fingerprint density at radius 3 is 2.66 bits per heavy atom. The Balaban J connectivity index is 1.50. The van der Waals surface area contributed by atoms with E-state index in [1.165, 1.54) is 3.97 Å². The summed E-state index contributed by atoms with van der Waals surface area (Å²) in [6.07, 6.45) is 2.42. The van der Waals surface area contributed by atoms with Crippen molar-refractivity contribution in [1.82, 2.24) is 14.0 Å². The van der Waals surface area contributed by atoms with E-state index in [4.69, 9.17) is 9.26 Å². The fourth-order valence-corrected chi connectivity index (χ4v) is 5.37. The normalized spacial score (nSPS) is 20.3. The van der Waals surface area contributed by atoms with Gasteiger partial charge in [0.2, 0.25) is 0 Å². The van der Waals surface area contributed by atoms with Crippen LogP contribution in [0.3, 0.4) is 0 Å². The molecular formula is C21H25N3O4S.